The van der Waals surface area contributed by atoms with Gasteiger partial charge in [-0.2, -0.15) is 18.9 Å². The van der Waals surface area contributed by atoms with E-state index in [9.17, 15) is 13.2 Å². The first-order valence-corrected chi connectivity index (χ1v) is 16.1. The molecular formula is C32H26N6O3S2. The second-order valence-corrected chi connectivity index (χ2v) is 13.1. The van der Waals surface area contributed by atoms with Gasteiger partial charge in [0.2, 0.25) is 15.0 Å². The molecule has 0 unspecified atom stereocenters. The summed E-state index contributed by atoms with van der Waals surface area (Å²) in [6.45, 7) is 1.05. The first-order chi connectivity index (χ1) is 21.0. The number of para-hydroxylation sites is 1. The molecular weight excluding hydrogens is 581 g/mol. The van der Waals surface area contributed by atoms with Crippen LogP contribution in [0.2, 0.25) is 0 Å². The third-order valence-corrected chi connectivity index (χ3v) is 10.1. The smallest absolute Gasteiger partial charge is 0.266 e. The molecule has 1 fully saturated rings. The van der Waals surface area contributed by atoms with Crippen molar-refractivity contribution in [3.05, 3.63) is 123 Å². The number of sulfonamides is 1. The molecule has 6 aromatic rings. The molecule has 11 heteroatoms. The zero-order valence-corrected chi connectivity index (χ0v) is 24.6. The molecule has 3 aromatic carbocycles. The average molecular weight is 607 g/mol. The van der Waals surface area contributed by atoms with E-state index in [2.05, 4.69) is 10.1 Å². The number of nitrogens with zero attached hydrogens (tertiary/aromatic N) is 6. The van der Waals surface area contributed by atoms with E-state index in [1.165, 1.54) is 20.2 Å². The molecule has 0 radical (unpaired) electrons. The summed E-state index contributed by atoms with van der Waals surface area (Å²) < 4.78 is 31.7. The lowest BCUT2D eigenvalue weighted by Crippen LogP contribution is -2.27. The summed E-state index contributed by atoms with van der Waals surface area (Å²) in [7, 11) is -3.61. The summed E-state index contributed by atoms with van der Waals surface area (Å²) in [4.78, 5) is 18.6. The van der Waals surface area contributed by atoms with Crippen molar-refractivity contribution in [2.24, 2.45) is 0 Å². The molecule has 0 atom stereocenters. The normalized spacial score (nSPS) is 14.8. The molecule has 0 bridgehead atoms. The van der Waals surface area contributed by atoms with Crippen LogP contribution in [0.3, 0.4) is 0 Å². The molecule has 0 N–H and O–H groups in total. The Balaban J connectivity index is 1.30. The zero-order valence-electron chi connectivity index (χ0n) is 22.9. The Kier molecular flexibility index (Phi) is 7.05. The Labute approximate surface area is 251 Å². The minimum Gasteiger partial charge on any atom is -0.266 e. The quantitative estimate of drug-likeness (QED) is 0.265. The van der Waals surface area contributed by atoms with Gasteiger partial charge in [-0.1, -0.05) is 78.1 Å². The summed E-state index contributed by atoms with van der Waals surface area (Å²) in [5.41, 5.74) is 3.44. The first-order valence-electron chi connectivity index (χ1n) is 13.9. The van der Waals surface area contributed by atoms with Crippen LogP contribution >= 0.6 is 11.3 Å². The molecule has 0 saturated carbocycles. The van der Waals surface area contributed by atoms with Crippen LogP contribution in [0, 0.1) is 0 Å². The van der Waals surface area contributed by atoms with Crippen LogP contribution in [-0.4, -0.2) is 50.2 Å². The maximum Gasteiger partial charge on any atom is 0.291 e. The molecule has 0 aliphatic carbocycles. The number of fused-ring (bicyclic) bond motifs is 1. The zero-order chi connectivity index (χ0) is 29.4. The Hall–Kier alpha value is -4.71. The van der Waals surface area contributed by atoms with Gasteiger partial charge in [0, 0.05) is 30.4 Å². The van der Waals surface area contributed by atoms with E-state index in [0.717, 1.165) is 24.1 Å². The summed E-state index contributed by atoms with van der Waals surface area (Å²) in [5, 5.41) is 9.24. The summed E-state index contributed by atoms with van der Waals surface area (Å²) in [5.74, 6) is 0.451. The molecule has 0 spiro atoms. The minimum atomic E-state index is -3.61. The van der Waals surface area contributed by atoms with Gasteiger partial charge in [0.05, 0.1) is 15.1 Å². The highest BCUT2D eigenvalue weighted by molar-refractivity contribution is 7.89. The highest BCUT2D eigenvalue weighted by atomic mass is 32.2. The summed E-state index contributed by atoms with van der Waals surface area (Å²) in [6, 6.07) is 26.3. The predicted molar refractivity (Wildman–Crippen MR) is 168 cm³/mol. The van der Waals surface area contributed by atoms with E-state index in [1.54, 1.807) is 35.0 Å². The van der Waals surface area contributed by atoms with Crippen LogP contribution in [-0.2, 0) is 10.0 Å². The second-order valence-electron chi connectivity index (χ2n) is 10.2. The summed E-state index contributed by atoms with van der Waals surface area (Å²) >= 11 is 1.24. The maximum absolute atomic E-state index is 13.4. The van der Waals surface area contributed by atoms with Gasteiger partial charge in [-0.25, -0.2) is 13.1 Å². The van der Waals surface area contributed by atoms with Crippen molar-refractivity contribution in [3.63, 3.8) is 0 Å². The standard InChI is InChI=1S/C32H26N6O3S2/c39-31-28(42-32-33-29(34-38(31)32)17-16-23-10-3-1-4-11-23)21-25-22-37(26-13-5-2-6-14-26)35-30(25)24-12-9-15-27(20-24)43(40,41)36-18-7-8-19-36/h1-6,9-17,20-22H,7-8,18-19H2/b17-16+,28-21-. The highest BCUT2D eigenvalue weighted by Crippen LogP contribution is 2.29. The van der Waals surface area contributed by atoms with Crippen molar-refractivity contribution in [1.82, 2.24) is 28.7 Å². The Morgan fingerprint density at radius 1 is 0.837 bits per heavy atom. The van der Waals surface area contributed by atoms with Crippen molar-refractivity contribution in [2.75, 3.05) is 13.1 Å². The third-order valence-electron chi connectivity index (χ3n) is 7.28. The molecule has 0 amide bonds. The van der Waals surface area contributed by atoms with E-state index in [-0.39, 0.29) is 10.5 Å². The van der Waals surface area contributed by atoms with E-state index >= 15 is 0 Å². The Morgan fingerprint density at radius 3 is 2.33 bits per heavy atom. The monoisotopic (exact) mass is 606 g/mol. The highest BCUT2D eigenvalue weighted by Gasteiger charge is 2.27. The Bertz CT molecular complexity index is 2180. The van der Waals surface area contributed by atoms with Gasteiger partial charge in [0.15, 0.2) is 5.82 Å². The fourth-order valence-electron chi connectivity index (χ4n) is 5.11. The largest absolute Gasteiger partial charge is 0.291 e. The molecule has 3 aromatic heterocycles. The minimum absolute atomic E-state index is 0.228. The van der Waals surface area contributed by atoms with Crippen molar-refractivity contribution < 1.29 is 8.42 Å². The topological polar surface area (TPSA) is 102 Å². The fraction of sp³-hybridized carbons (Fsp3) is 0.125. The molecule has 214 valence electrons. The van der Waals surface area contributed by atoms with Crippen LogP contribution in [0.5, 0.6) is 0 Å². The molecule has 4 heterocycles. The van der Waals surface area contributed by atoms with Gasteiger partial charge in [-0.3, -0.25) is 4.79 Å². The van der Waals surface area contributed by atoms with E-state index in [1.807, 2.05) is 79.0 Å². The van der Waals surface area contributed by atoms with Crippen LogP contribution in [0.4, 0.5) is 0 Å². The third kappa shape index (κ3) is 5.34. The lowest BCUT2D eigenvalue weighted by Gasteiger charge is -2.15. The molecule has 43 heavy (non-hydrogen) atoms. The van der Waals surface area contributed by atoms with Gasteiger partial charge in [0.25, 0.3) is 5.56 Å². The van der Waals surface area contributed by atoms with E-state index in [4.69, 9.17) is 5.10 Å². The second kappa shape index (κ2) is 11.2. The van der Waals surface area contributed by atoms with Crippen molar-refractivity contribution in [2.45, 2.75) is 17.7 Å². The van der Waals surface area contributed by atoms with Crippen molar-refractivity contribution in [3.8, 4) is 16.9 Å². The van der Waals surface area contributed by atoms with Crippen molar-refractivity contribution in [1.29, 1.82) is 0 Å². The molecule has 1 aliphatic heterocycles. The number of rotatable bonds is 7. The molecule has 9 nitrogen and oxygen atoms in total. The predicted octanol–water partition coefficient (Wildman–Crippen LogP) is 4.51. The van der Waals surface area contributed by atoms with Gasteiger partial charge < -0.3 is 0 Å². The SMILES string of the molecule is O=c1/c(=C/c2cn(-c3ccccc3)nc2-c2cccc(S(=O)(=O)N3CCCC3)c2)sc2nc(/C=C/c3ccccc3)nn12. The Morgan fingerprint density at radius 2 is 1.58 bits per heavy atom. The van der Waals surface area contributed by atoms with Gasteiger partial charge in [0.1, 0.15) is 5.69 Å². The van der Waals surface area contributed by atoms with Crippen LogP contribution in [0.1, 0.15) is 29.8 Å². The van der Waals surface area contributed by atoms with Gasteiger partial charge >= 0.3 is 0 Å². The van der Waals surface area contributed by atoms with Crippen LogP contribution in [0.15, 0.2) is 101 Å². The average Bonchev–Trinajstić information content (AvgIpc) is 3.84. The maximum atomic E-state index is 13.4. The fourth-order valence-corrected chi connectivity index (χ4v) is 7.58. The number of aromatic nitrogens is 5. The first kappa shape index (κ1) is 27.1. The number of hydrogen-bond acceptors (Lipinski definition) is 7. The number of thiazole rings is 1. The molecule has 1 saturated heterocycles. The van der Waals surface area contributed by atoms with E-state index < -0.39 is 10.0 Å². The van der Waals surface area contributed by atoms with Crippen molar-refractivity contribution >= 4 is 44.5 Å². The lowest BCUT2D eigenvalue weighted by atomic mass is 10.1. The number of hydrogen-bond donors (Lipinski definition) is 0. The van der Waals surface area contributed by atoms with Gasteiger partial charge in [-0.05, 0) is 54.8 Å². The van der Waals surface area contributed by atoms with E-state index in [0.29, 0.717) is 45.2 Å². The van der Waals surface area contributed by atoms with Crippen LogP contribution in [0.25, 0.3) is 40.1 Å². The lowest BCUT2D eigenvalue weighted by molar-refractivity contribution is 0.477. The molecule has 7 rings (SSSR count). The van der Waals surface area contributed by atoms with Crippen LogP contribution < -0.4 is 10.1 Å². The molecule has 1 aliphatic rings. The number of benzene rings is 3. The summed E-state index contributed by atoms with van der Waals surface area (Å²) in [6.07, 6.45) is 9.02. The van der Waals surface area contributed by atoms with Gasteiger partial charge in [-0.15, -0.1) is 5.10 Å².